The summed E-state index contributed by atoms with van der Waals surface area (Å²) in [6.45, 7) is 2.64. The molecule has 136 valence electrons. The number of aromatic nitrogens is 4. The second-order valence-corrected chi connectivity index (χ2v) is 6.09. The summed E-state index contributed by atoms with van der Waals surface area (Å²) in [7, 11) is 1.89. The number of aryl methyl sites for hydroxylation is 1. The van der Waals surface area contributed by atoms with Crippen LogP contribution < -0.4 is 10.6 Å². The lowest BCUT2D eigenvalue weighted by Crippen LogP contribution is -2.24. The molecule has 0 aliphatic rings. The van der Waals surface area contributed by atoms with Crippen LogP contribution in [0.4, 0.5) is 5.69 Å². The first kappa shape index (κ1) is 17.8. The number of rotatable bonds is 8. The highest BCUT2D eigenvalue weighted by atomic mass is 16.5. The zero-order valence-electron chi connectivity index (χ0n) is 14.8. The molecular formula is C18H22N6O2. The van der Waals surface area contributed by atoms with Crippen LogP contribution in [0.15, 0.2) is 47.5 Å². The zero-order chi connectivity index (χ0) is 18.4. The predicted molar refractivity (Wildman–Crippen MR) is 97.4 cm³/mol. The van der Waals surface area contributed by atoms with E-state index in [4.69, 9.17) is 4.52 Å². The largest absolute Gasteiger partial charge is 0.337 e. The van der Waals surface area contributed by atoms with Gasteiger partial charge in [0.25, 0.3) is 5.89 Å². The number of benzene rings is 1. The molecule has 8 nitrogen and oxygen atoms in total. The molecule has 3 aromatic rings. The van der Waals surface area contributed by atoms with Gasteiger partial charge in [0.05, 0.1) is 6.33 Å². The number of hydrogen-bond donors (Lipinski definition) is 2. The van der Waals surface area contributed by atoms with E-state index in [0.717, 1.165) is 5.56 Å². The Morgan fingerprint density at radius 3 is 3.04 bits per heavy atom. The van der Waals surface area contributed by atoms with Gasteiger partial charge in [0, 0.05) is 49.1 Å². The summed E-state index contributed by atoms with van der Waals surface area (Å²) >= 11 is 0. The Hall–Kier alpha value is -3.00. The summed E-state index contributed by atoms with van der Waals surface area (Å²) in [6.07, 6.45) is 6.27. The minimum absolute atomic E-state index is 0.0649. The Balaban J connectivity index is 1.61. The van der Waals surface area contributed by atoms with E-state index in [-0.39, 0.29) is 11.9 Å². The number of imidazole rings is 1. The van der Waals surface area contributed by atoms with Gasteiger partial charge in [-0.1, -0.05) is 11.2 Å². The highest BCUT2D eigenvalue weighted by Gasteiger charge is 2.12. The second kappa shape index (κ2) is 8.39. The first-order valence-corrected chi connectivity index (χ1v) is 8.50. The quantitative estimate of drug-likeness (QED) is 0.643. The van der Waals surface area contributed by atoms with E-state index in [2.05, 4.69) is 32.7 Å². The van der Waals surface area contributed by atoms with Gasteiger partial charge in [-0.3, -0.25) is 4.79 Å². The fourth-order valence-corrected chi connectivity index (χ4v) is 2.43. The van der Waals surface area contributed by atoms with Crippen molar-refractivity contribution >= 4 is 11.6 Å². The summed E-state index contributed by atoms with van der Waals surface area (Å²) in [5, 5.41) is 10.0. The average Bonchev–Trinajstić information content (AvgIpc) is 3.32. The molecule has 26 heavy (non-hydrogen) atoms. The van der Waals surface area contributed by atoms with E-state index >= 15 is 0 Å². The third kappa shape index (κ3) is 4.76. The molecule has 1 amide bonds. The number of hydrogen-bond acceptors (Lipinski definition) is 6. The molecule has 2 aromatic heterocycles. The molecule has 0 spiro atoms. The van der Waals surface area contributed by atoms with Crippen molar-refractivity contribution in [2.45, 2.75) is 32.4 Å². The molecule has 0 bridgehead atoms. The van der Waals surface area contributed by atoms with E-state index in [1.54, 1.807) is 12.5 Å². The van der Waals surface area contributed by atoms with Gasteiger partial charge in [-0.15, -0.1) is 0 Å². The van der Waals surface area contributed by atoms with Crippen LogP contribution in [0.2, 0.25) is 0 Å². The van der Waals surface area contributed by atoms with Crippen molar-refractivity contribution in [1.82, 2.24) is 25.0 Å². The smallest absolute Gasteiger partial charge is 0.257 e. The van der Waals surface area contributed by atoms with Crippen LogP contribution in [0.5, 0.6) is 0 Å². The number of anilines is 1. The minimum atomic E-state index is -0.0649. The Bertz CT molecular complexity index is 843. The van der Waals surface area contributed by atoms with Crippen LogP contribution in [-0.4, -0.2) is 38.7 Å². The molecule has 0 saturated heterocycles. The van der Waals surface area contributed by atoms with E-state index < -0.39 is 0 Å². The SMILES string of the molecule is CNC(C)Cc1noc(-c2cccc(NC(=O)CCn3ccnc3)c2)n1. The van der Waals surface area contributed by atoms with Crippen LogP contribution in [-0.2, 0) is 17.8 Å². The number of carbonyl (C=O) groups is 1. The topological polar surface area (TPSA) is 97.9 Å². The molecule has 0 aliphatic carbocycles. The average molecular weight is 354 g/mol. The summed E-state index contributed by atoms with van der Waals surface area (Å²) in [6, 6.07) is 7.65. The Morgan fingerprint density at radius 1 is 1.38 bits per heavy atom. The Labute approximate surface area is 151 Å². The van der Waals surface area contributed by atoms with Gasteiger partial charge in [0.1, 0.15) is 0 Å². The van der Waals surface area contributed by atoms with Crippen LogP contribution in [0.1, 0.15) is 19.2 Å². The maximum absolute atomic E-state index is 12.1. The lowest BCUT2D eigenvalue weighted by Gasteiger charge is -2.06. The fraction of sp³-hybridized carbons (Fsp3) is 0.333. The fourth-order valence-electron chi connectivity index (χ4n) is 2.43. The summed E-state index contributed by atoms with van der Waals surface area (Å²) in [5.74, 6) is 1.03. The molecule has 0 radical (unpaired) electrons. The van der Waals surface area contributed by atoms with Crippen molar-refractivity contribution in [2.24, 2.45) is 0 Å². The van der Waals surface area contributed by atoms with Crippen molar-refractivity contribution in [3.05, 3.63) is 48.8 Å². The van der Waals surface area contributed by atoms with Gasteiger partial charge in [-0.25, -0.2) is 4.98 Å². The van der Waals surface area contributed by atoms with E-state index in [1.165, 1.54) is 0 Å². The third-order valence-electron chi connectivity index (χ3n) is 4.00. The number of likely N-dealkylation sites (N-methyl/N-ethyl adjacent to an activating group) is 1. The number of amides is 1. The molecule has 0 aliphatic heterocycles. The Morgan fingerprint density at radius 2 is 2.27 bits per heavy atom. The van der Waals surface area contributed by atoms with Gasteiger partial charge < -0.3 is 19.7 Å². The molecule has 1 unspecified atom stereocenters. The Kier molecular flexibility index (Phi) is 5.75. The predicted octanol–water partition coefficient (Wildman–Crippen LogP) is 2.11. The molecule has 0 saturated carbocycles. The lowest BCUT2D eigenvalue weighted by molar-refractivity contribution is -0.116. The van der Waals surface area contributed by atoms with Gasteiger partial charge in [0.15, 0.2) is 5.82 Å². The van der Waals surface area contributed by atoms with Crippen molar-refractivity contribution in [3.8, 4) is 11.5 Å². The molecule has 3 rings (SSSR count). The molecule has 1 atom stereocenters. The van der Waals surface area contributed by atoms with E-state index in [0.29, 0.717) is 36.8 Å². The normalized spacial score (nSPS) is 12.1. The number of nitrogens with zero attached hydrogens (tertiary/aromatic N) is 4. The van der Waals surface area contributed by atoms with Gasteiger partial charge >= 0.3 is 0 Å². The van der Waals surface area contributed by atoms with Crippen LogP contribution >= 0.6 is 0 Å². The van der Waals surface area contributed by atoms with Gasteiger partial charge in [-0.05, 0) is 32.2 Å². The maximum atomic E-state index is 12.1. The first-order chi connectivity index (χ1) is 12.6. The van der Waals surface area contributed by atoms with Crippen molar-refractivity contribution in [3.63, 3.8) is 0 Å². The highest BCUT2D eigenvalue weighted by Crippen LogP contribution is 2.21. The zero-order valence-corrected chi connectivity index (χ0v) is 14.8. The number of carbonyl (C=O) groups excluding carboxylic acids is 1. The highest BCUT2D eigenvalue weighted by molar-refractivity contribution is 5.91. The van der Waals surface area contributed by atoms with Crippen molar-refractivity contribution in [2.75, 3.05) is 12.4 Å². The van der Waals surface area contributed by atoms with Crippen LogP contribution in [0, 0.1) is 0 Å². The van der Waals surface area contributed by atoms with E-state index in [9.17, 15) is 4.79 Å². The monoisotopic (exact) mass is 354 g/mol. The lowest BCUT2D eigenvalue weighted by atomic mass is 10.2. The maximum Gasteiger partial charge on any atom is 0.257 e. The molecule has 2 N–H and O–H groups in total. The summed E-state index contributed by atoms with van der Waals surface area (Å²) in [5.41, 5.74) is 1.47. The standard InChI is InChI=1S/C18H22N6O2/c1-13(19-2)10-16-22-18(26-23-16)14-4-3-5-15(11-14)21-17(25)6-8-24-9-7-20-12-24/h3-5,7,9,11-13,19H,6,8,10H2,1-2H3,(H,21,25). The van der Waals surface area contributed by atoms with Crippen LogP contribution in [0.3, 0.4) is 0 Å². The number of nitrogens with one attached hydrogen (secondary N) is 2. The van der Waals surface area contributed by atoms with Crippen LogP contribution in [0.25, 0.3) is 11.5 Å². The van der Waals surface area contributed by atoms with Gasteiger partial charge in [-0.2, -0.15) is 4.98 Å². The minimum Gasteiger partial charge on any atom is -0.337 e. The summed E-state index contributed by atoms with van der Waals surface area (Å²) in [4.78, 5) is 20.5. The van der Waals surface area contributed by atoms with Crippen molar-refractivity contribution < 1.29 is 9.32 Å². The molecule has 2 heterocycles. The molecular weight excluding hydrogens is 332 g/mol. The van der Waals surface area contributed by atoms with Crippen molar-refractivity contribution in [1.29, 1.82) is 0 Å². The van der Waals surface area contributed by atoms with Gasteiger partial charge in [0.2, 0.25) is 5.91 Å². The van der Waals surface area contributed by atoms with E-state index in [1.807, 2.05) is 42.1 Å². The molecule has 0 fully saturated rings. The first-order valence-electron chi connectivity index (χ1n) is 8.50. The second-order valence-electron chi connectivity index (χ2n) is 6.09. The molecule has 8 heteroatoms. The summed E-state index contributed by atoms with van der Waals surface area (Å²) < 4.78 is 7.20. The third-order valence-corrected chi connectivity index (χ3v) is 4.00. The molecule has 1 aromatic carbocycles.